The molecule has 0 bridgehead atoms. The summed E-state index contributed by atoms with van der Waals surface area (Å²) in [5.74, 6) is 7.19. The number of sulfone groups is 1. The lowest BCUT2D eigenvalue weighted by atomic mass is 9.70. The van der Waals surface area contributed by atoms with Crippen molar-refractivity contribution in [2.45, 2.75) is 51.5 Å². The first-order valence-corrected chi connectivity index (χ1v) is 12.9. The quantitative estimate of drug-likeness (QED) is 0.710. The first kappa shape index (κ1) is 21.1. The van der Waals surface area contributed by atoms with Crippen molar-refractivity contribution in [2.24, 2.45) is 16.1 Å². The highest BCUT2D eigenvalue weighted by atomic mass is 32.2. The number of aromatic nitrogens is 1. The van der Waals surface area contributed by atoms with Gasteiger partial charge in [0.1, 0.15) is 9.84 Å². The highest BCUT2D eigenvalue weighted by molar-refractivity contribution is 7.91. The van der Waals surface area contributed by atoms with Crippen LogP contribution in [0.2, 0.25) is 0 Å². The molecule has 2 aromatic rings. The maximum atomic E-state index is 12.0. The first-order chi connectivity index (χ1) is 14.2. The van der Waals surface area contributed by atoms with Crippen LogP contribution in [0.25, 0.3) is 11.1 Å². The lowest BCUT2D eigenvalue weighted by molar-refractivity contribution is 0.174. The zero-order chi connectivity index (χ0) is 21.4. The van der Waals surface area contributed by atoms with Gasteiger partial charge < -0.3 is 5.73 Å². The van der Waals surface area contributed by atoms with Crippen LogP contribution in [0.3, 0.4) is 0 Å². The number of aliphatic imine (C=N–C) groups is 1. The Hall–Kier alpha value is -2.17. The molecule has 158 valence electrons. The number of hydrogen-bond donors (Lipinski definition) is 1. The molecule has 1 saturated heterocycles. The van der Waals surface area contributed by atoms with E-state index in [4.69, 9.17) is 10.7 Å². The highest BCUT2D eigenvalue weighted by Gasteiger charge is 2.45. The van der Waals surface area contributed by atoms with Crippen LogP contribution < -0.4 is 5.73 Å². The van der Waals surface area contributed by atoms with Gasteiger partial charge in [0.25, 0.3) is 0 Å². The van der Waals surface area contributed by atoms with E-state index in [2.05, 4.69) is 41.3 Å². The minimum Gasteiger partial charge on any atom is -0.387 e. The predicted octanol–water partition coefficient (Wildman–Crippen LogP) is 4.13. The average Bonchev–Trinajstić information content (AvgIpc) is 3.16. The molecule has 7 heteroatoms. The van der Waals surface area contributed by atoms with Crippen LogP contribution in [0.4, 0.5) is 0 Å². The second-order valence-electron chi connectivity index (χ2n) is 8.74. The normalized spacial score (nSPS) is 25.1. The lowest BCUT2D eigenvalue weighted by Gasteiger charge is -2.40. The maximum Gasteiger partial charge on any atom is 0.150 e. The maximum absolute atomic E-state index is 12.0. The van der Waals surface area contributed by atoms with E-state index in [1.165, 1.54) is 0 Å². The summed E-state index contributed by atoms with van der Waals surface area (Å²) in [6.07, 6.45) is 7.50. The van der Waals surface area contributed by atoms with E-state index in [0.717, 1.165) is 40.8 Å². The predicted molar refractivity (Wildman–Crippen MR) is 123 cm³/mol. The molecule has 1 fully saturated rings. The van der Waals surface area contributed by atoms with Crippen LogP contribution in [0, 0.1) is 17.3 Å². The van der Waals surface area contributed by atoms with E-state index in [0.29, 0.717) is 18.7 Å². The molecule has 30 heavy (non-hydrogen) atoms. The molecule has 2 aliphatic rings. The third-order valence-corrected chi connectivity index (χ3v) is 9.21. The molecule has 1 unspecified atom stereocenters. The van der Waals surface area contributed by atoms with Crippen LogP contribution in [-0.4, -0.2) is 30.7 Å². The molecule has 4 rings (SSSR count). The summed E-state index contributed by atoms with van der Waals surface area (Å²) in [5, 5.41) is 2.13. The van der Waals surface area contributed by atoms with Gasteiger partial charge in [-0.2, -0.15) is 0 Å². The fourth-order valence-electron chi connectivity index (χ4n) is 4.74. The van der Waals surface area contributed by atoms with E-state index in [-0.39, 0.29) is 16.9 Å². The molecule has 0 radical (unpaired) electrons. The van der Waals surface area contributed by atoms with E-state index >= 15 is 0 Å². The second-order valence-corrected chi connectivity index (χ2v) is 12.0. The molecular formula is C23H27N3O2S2. The third-order valence-electron chi connectivity index (χ3n) is 6.38. The number of thiophene rings is 1. The summed E-state index contributed by atoms with van der Waals surface area (Å²) in [7, 11) is -2.91. The van der Waals surface area contributed by atoms with Crippen molar-refractivity contribution in [1.82, 2.24) is 4.98 Å². The average molecular weight is 442 g/mol. The molecule has 1 atom stereocenters. The van der Waals surface area contributed by atoms with Gasteiger partial charge in [-0.05, 0) is 68.0 Å². The Balaban J connectivity index is 1.67. The van der Waals surface area contributed by atoms with Gasteiger partial charge in [-0.25, -0.2) is 8.42 Å². The lowest BCUT2D eigenvalue weighted by Crippen LogP contribution is -2.37. The van der Waals surface area contributed by atoms with Crippen LogP contribution in [0.1, 0.15) is 56.4 Å². The molecule has 0 aliphatic carbocycles. The van der Waals surface area contributed by atoms with Gasteiger partial charge in [0, 0.05) is 34.8 Å². The fourth-order valence-corrected chi connectivity index (χ4v) is 7.46. The Kier molecular flexibility index (Phi) is 5.50. The van der Waals surface area contributed by atoms with Gasteiger partial charge in [0.15, 0.2) is 0 Å². The van der Waals surface area contributed by atoms with Gasteiger partial charge in [-0.3, -0.25) is 9.98 Å². The molecule has 0 aromatic carbocycles. The fraction of sp³-hybridized carbons (Fsp3) is 0.478. The summed E-state index contributed by atoms with van der Waals surface area (Å²) in [4.78, 5) is 10.4. The van der Waals surface area contributed by atoms with Crippen molar-refractivity contribution in [3.63, 3.8) is 0 Å². The Morgan fingerprint density at radius 1 is 1.13 bits per heavy atom. The van der Waals surface area contributed by atoms with Gasteiger partial charge in [0.05, 0.1) is 22.9 Å². The zero-order valence-electron chi connectivity index (χ0n) is 17.4. The summed E-state index contributed by atoms with van der Waals surface area (Å²) < 4.78 is 24.1. The van der Waals surface area contributed by atoms with E-state index in [1.807, 2.05) is 13.1 Å². The Bertz CT molecular complexity index is 1140. The monoisotopic (exact) mass is 441 g/mol. The first-order valence-electron chi connectivity index (χ1n) is 10.2. The topological polar surface area (TPSA) is 85.4 Å². The van der Waals surface area contributed by atoms with E-state index in [9.17, 15) is 8.42 Å². The summed E-state index contributed by atoms with van der Waals surface area (Å²) in [6.45, 7) is 3.96. The van der Waals surface area contributed by atoms with E-state index < -0.39 is 15.4 Å². The van der Waals surface area contributed by atoms with Gasteiger partial charge in [0.2, 0.25) is 0 Å². The van der Waals surface area contributed by atoms with Crippen LogP contribution >= 0.6 is 11.3 Å². The minimum absolute atomic E-state index is 0.0208. The summed E-state index contributed by atoms with van der Waals surface area (Å²) >= 11 is 1.68. The number of nitrogens with zero attached hydrogens (tertiary/aromatic N) is 2. The Labute approximate surface area is 182 Å². The molecule has 5 nitrogen and oxygen atoms in total. The molecule has 2 aromatic heterocycles. The number of rotatable bonds is 2. The molecular weight excluding hydrogens is 414 g/mol. The molecule has 0 amide bonds. The summed E-state index contributed by atoms with van der Waals surface area (Å²) in [5.41, 5.74) is 8.83. The van der Waals surface area contributed by atoms with Gasteiger partial charge in [-0.1, -0.05) is 5.92 Å². The minimum atomic E-state index is -2.91. The molecule has 1 spiro atoms. The van der Waals surface area contributed by atoms with Crippen molar-refractivity contribution in [3.05, 3.63) is 40.3 Å². The number of hydrogen-bond acceptors (Lipinski definition) is 6. The SMILES string of the molecule is CC#Cc1cncc(-c2csc(C3(C)CC4(CCC(N)=N3)CCS(=O)(=O)CC4)c2)c1. The number of amidine groups is 1. The van der Waals surface area contributed by atoms with Crippen LogP contribution in [0.15, 0.2) is 34.9 Å². The van der Waals surface area contributed by atoms with E-state index in [1.54, 1.807) is 17.5 Å². The molecule has 2 N–H and O–H groups in total. The molecule has 2 aliphatic heterocycles. The number of pyridine rings is 1. The van der Waals surface area contributed by atoms with Crippen molar-refractivity contribution in [2.75, 3.05) is 11.5 Å². The third kappa shape index (κ3) is 4.30. The standard InChI is InChI=1S/C23H27N3O2S2/c1-3-4-17-11-18(14-25-13-17)19-12-20(29-15-19)22(2)16-23(6-5-21(24)26-22)7-9-30(27,28)10-8-23/h11-15H,5-10,16H2,1-2H3,(H2,24,26). The highest BCUT2D eigenvalue weighted by Crippen LogP contribution is 2.50. The smallest absolute Gasteiger partial charge is 0.150 e. The second kappa shape index (κ2) is 7.82. The molecule has 0 saturated carbocycles. The van der Waals surface area contributed by atoms with Gasteiger partial charge >= 0.3 is 0 Å². The van der Waals surface area contributed by atoms with Crippen molar-refractivity contribution < 1.29 is 8.42 Å². The molecule has 4 heterocycles. The Morgan fingerprint density at radius 3 is 2.63 bits per heavy atom. The van der Waals surface area contributed by atoms with Crippen molar-refractivity contribution in [1.29, 1.82) is 0 Å². The zero-order valence-corrected chi connectivity index (χ0v) is 19.1. The van der Waals surface area contributed by atoms with Crippen molar-refractivity contribution >= 4 is 27.0 Å². The van der Waals surface area contributed by atoms with Crippen LogP contribution in [0.5, 0.6) is 0 Å². The Morgan fingerprint density at radius 2 is 1.90 bits per heavy atom. The van der Waals surface area contributed by atoms with Crippen molar-refractivity contribution in [3.8, 4) is 23.0 Å². The summed E-state index contributed by atoms with van der Waals surface area (Å²) in [6, 6.07) is 4.23. The largest absolute Gasteiger partial charge is 0.387 e. The van der Waals surface area contributed by atoms with Crippen LogP contribution in [-0.2, 0) is 15.4 Å². The van der Waals surface area contributed by atoms with Gasteiger partial charge in [-0.15, -0.1) is 17.3 Å². The number of nitrogens with two attached hydrogens (primary N) is 1.